The number of rotatable bonds is 2. The molecule has 1 aliphatic heterocycles. The molecule has 0 saturated carbocycles. The Kier molecular flexibility index (Phi) is 3.75. The normalized spacial score (nSPS) is 27.0. The highest BCUT2D eigenvalue weighted by atomic mass is 16.5. The summed E-state index contributed by atoms with van der Waals surface area (Å²) in [4.78, 5) is 0. The number of ether oxygens (including phenoxy) is 1. The minimum Gasteiger partial charge on any atom is -0.360 e. The Labute approximate surface area is 129 Å². The fourth-order valence-electron chi connectivity index (χ4n) is 3.02. The number of hydrogen-bond donors (Lipinski definition) is 0. The summed E-state index contributed by atoms with van der Waals surface area (Å²) >= 11 is 0. The third-order valence-corrected chi connectivity index (χ3v) is 4.13. The first-order valence-electron chi connectivity index (χ1n) is 7.43. The predicted octanol–water partition coefficient (Wildman–Crippen LogP) is 5.45. The topological polar surface area (TPSA) is 9.23 Å². The van der Waals surface area contributed by atoms with E-state index in [2.05, 4.69) is 65.2 Å². The van der Waals surface area contributed by atoms with E-state index < -0.39 is 0 Å². The summed E-state index contributed by atoms with van der Waals surface area (Å²) in [7, 11) is 0. The van der Waals surface area contributed by atoms with E-state index in [0.29, 0.717) is 0 Å². The molecule has 0 N–H and O–H groups in total. The van der Waals surface area contributed by atoms with Crippen molar-refractivity contribution in [1.82, 2.24) is 0 Å². The monoisotopic (exact) mass is 282 g/mol. The van der Waals surface area contributed by atoms with Crippen LogP contribution in [0.2, 0.25) is 0 Å². The van der Waals surface area contributed by atoms with Crippen molar-refractivity contribution in [3.63, 3.8) is 0 Å². The van der Waals surface area contributed by atoms with E-state index in [9.17, 15) is 0 Å². The SMILES string of the molecule is C=C(C)C1=CC2=C(/C=C(C(=C)C)\C=C/1)C(C)(C)OC2(C)C. The predicted molar refractivity (Wildman–Crippen MR) is 91.2 cm³/mol. The summed E-state index contributed by atoms with van der Waals surface area (Å²) in [5, 5.41) is 0. The van der Waals surface area contributed by atoms with Gasteiger partial charge in [-0.1, -0.05) is 36.5 Å². The molecule has 112 valence electrons. The Morgan fingerprint density at radius 3 is 1.43 bits per heavy atom. The second-order valence-electron chi connectivity index (χ2n) is 7.04. The largest absolute Gasteiger partial charge is 0.360 e. The molecule has 1 aliphatic carbocycles. The summed E-state index contributed by atoms with van der Waals surface area (Å²) in [5.41, 5.74) is 6.25. The summed E-state index contributed by atoms with van der Waals surface area (Å²) in [6.45, 7) is 20.8. The average Bonchev–Trinajstić information content (AvgIpc) is 2.40. The maximum Gasteiger partial charge on any atom is 0.0891 e. The molecule has 1 nitrogen and oxygen atoms in total. The van der Waals surface area contributed by atoms with Crippen LogP contribution in [-0.2, 0) is 4.74 Å². The lowest BCUT2D eigenvalue weighted by atomic mass is 9.85. The Morgan fingerprint density at radius 2 is 1.14 bits per heavy atom. The van der Waals surface area contributed by atoms with Crippen LogP contribution in [-0.4, -0.2) is 11.2 Å². The fourth-order valence-corrected chi connectivity index (χ4v) is 3.02. The van der Waals surface area contributed by atoms with Crippen LogP contribution in [0, 0.1) is 0 Å². The molecule has 21 heavy (non-hydrogen) atoms. The van der Waals surface area contributed by atoms with E-state index in [1.54, 1.807) is 0 Å². The van der Waals surface area contributed by atoms with Crippen LogP contribution < -0.4 is 0 Å². The smallest absolute Gasteiger partial charge is 0.0891 e. The molecule has 0 unspecified atom stereocenters. The molecule has 0 bridgehead atoms. The third-order valence-electron chi connectivity index (χ3n) is 4.13. The lowest BCUT2D eigenvalue weighted by Gasteiger charge is -2.27. The molecule has 2 rings (SSSR count). The van der Waals surface area contributed by atoms with Crippen molar-refractivity contribution in [2.45, 2.75) is 52.7 Å². The molecule has 0 aromatic heterocycles. The molecule has 1 heteroatoms. The zero-order valence-electron chi connectivity index (χ0n) is 14.1. The molecule has 0 saturated heterocycles. The Morgan fingerprint density at radius 1 is 0.810 bits per heavy atom. The van der Waals surface area contributed by atoms with E-state index in [1.807, 2.05) is 13.8 Å². The summed E-state index contributed by atoms with van der Waals surface area (Å²) < 4.78 is 6.30. The van der Waals surface area contributed by atoms with Gasteiger partial charge in [0.2, 0.25) is 0 Å². The first-order valence-corrected chi connectivity index (χ1v) is 7.43. The van der Waals surface area contributed by atoms with E-state index >= 15 is 0 Å². The van der Waals surface area contributed by atoms with Gasteiger partial charge in [-0.2, -0.15) is 0 Å². The van der Waals surface area contributed by atoms with Crippen molar-refractivity contribution < 1.29 is 4.74 Å². The molecule has 0 aromatic rings. The maximum absolute atomic E-state index is 6.30. The highest BCUT2D eigenvalue weighted by molar-refractivity contribution is 5.58. The molecule has 0 atom stereocenters. The first-order chi connectivity index (χ1) is 9.54. The fraction of sp³-hybridized carbons (Fsp3) is 0.400. The second kappa shape index (κ2) is 4.99. The second-order valence-corrected chi connectivity index (χ2v) is 7.04. The van der Waals surface area contributed by atoms with Crippen molar-refractivity contribution in [3.8, 4) is 0 Å². The van der Waals surface area contributed by atoms with E-state index in [1.165, 1.54) is 11.1 Å². The zero-order chi connectivity index (χ0) is 16.0. The molecule has 0 spiro atoms. The van der Waals surface area contributed by atoms with Crippen LogP contribution in [0.4, 0.5) is 0 Å². The van der Waals surface area contributed by atoms with Gasteiger partial charge < -0.3 is 4.74 Å². The zero-order valence-corrected chi connectivity index (χ0v) is 14.1. The van der Waals surface area contributed by atoms with Crippen molar-refractivity contribution in [2.24, 2.45) is 0 Å². The highest BCUT2D eigenvalue weighted by Gasteiger charge is 2.43. The number of allylic oxidation sites excluding steroid dienone is 6. The van der Waals surface area contributed by atoms with Crippen molar-refractivity contribution in [1.29, 1.82) is 0 Å². The van der Waals surface area contributed by atoms with Crippen LogP contribution in [0.25, 0.3) is 0 Å². The van der Waals surface area contributed by atoms with Crippen LogP contribution >= 0.6 is 0 Å². The van der Waals surface area contributed by atoms with Gasteiger partial charge in [-0.05, 0) is 76.0 Å². The molecular formula is C20H26O. The minimum atomic E-state index is -0.304. The maximum atomic E-state index is 6.30. The minimum absolute atomic E-state index is 0.304. The Bertz CT molecular complexity index is 577. The van der Waals surface area contributed by atoms with E-state index in [4.69, 9.17) is 4.74 Å². The quantitative estimate of drug-likeness (QED) is 0.655. The first kappa shape index (κ1) is 15.8. The standard InChI is InChI=1S/C20H26O/c1-13(2)15-9-10-16(14(3)4)12-18-17(11-15)19(5,6)21-20(18,7)8/h9-12H,1,3H2,2,4-8H3/b10-9-,15-9?,15-11+,16-10?,16-12?,17-11?,18-12?. The third kappa shape index (κ3) is 2.89. The van der Waals surface area contributed by atoms with Gasteiger partial charge in [0, 0.05) is 0 Å². The van der Waals surface area contributed by atoms with Gasteiger partial charge in [0.05, 0.1) is 11.2 Å². The summed E-state index contributed by atoms with van der Waals surface area (Å²) in [6, 6.07) is 0. The Balaban J connectivity index is 2.75. The molecule has 2 aliphatic rings. The lowest BCUT2D eigenvalue weighted by molar-refractivity contribution is -0.0541. The lowest BCUT2D eigenvalue weighted by Crippen LogP contribution is -2.29. The molecule has 0 radical (unpaired) electrons. The van der Waals surface area contributed by atoms with Crippen molar-refractivity contribution >= 4 is 0 Å². The van der Waals surface area contributed by atoms with Crippen LogP contribution in [0.15, 0.2) is 70.9 Å². The average molecular weight is 282 g/mol. The van der Waals surface area contributed by atoms with Crippen LogP contribution in [0.5, 0.6) is 0 Å². The molecule has 0 fully saturated rings. The summed E-state index contributed by atoms with van der Waals surface area (Å²) in [5.74, 6) is 0. The molecular weight excluding hydrogens is 256 g/mol. The van der Waals surface area contributed by atoms with Gasteiger partial charge in [-0.3, -0.25) is 0 Å². The van der Waals surface area contributed by atoms with Gasteiger partial charge >= 0.3 is 0 Å². The van der Waals surface area contributed by atoms with E-state index in [-0.39, 0.29) is 11.2 Å². The van der Waals surface area contributed by atoms with Crippen molar-refractivity contribution in [2.75, 3.05) is 0 Å². The summed E-state index contributed by atoms with van der Waals surface area (Å²) in [6.07, 6.45) is 8.67. The van der Waals surface area contributed by atoms with Gasteiger partial charge in [0.25, 0.3) is 0 Å². The van der Waals surface area contributed by atoms with Crippen LogP contribution in [0.1, 0.15) is 41.5 Å². The van der Waals surface area contributed by atoms with Gasteiger partial charge in [0.15, 0.2) is 0 Å². The molecule has 0 amide bonds. The van der Waals surface area contributed by atoms with Crippen LogP contribution in [0.3, 0.4) is 0 Å². The highest BCUT2D eigenvalue weighted by Crippen LogP contribution is 2.45. The molecule has 0 aromatic carbocycles. The number of hydrogen-bond acceptors (Lipinski definition) is 1. The van der Waals surface area contributed by atoms with Gasteiger partial charge in [0.1, 0.15) is 0 Å². The van der Waals surface area contributed by atoms with Gasteiger partial charge in [-0.25, -0.2) is 0 Å². The Hall–Kier alpha value is -1.60. The van der Waals surface area contributed by atoms with Crippen molar-refractivity contribution in [3.05, 3.63) is 70.9 Å². The molecule has 1 heterocycles. The van der Waals surface area contributed by atoms with E-state index in [0.717, 1.165) is 22.3 Å². The van der Waals surface area contributed by atoms with Gasteiger partial charge in [-0.15, -0.1) is 0 Å².